The fourth-order valence-electron chi connectivity index (χ4n) is 2.57. The molecule has 1 aliphatic rings. The van der Waals surface area contributed by atoms with Crippen LogP contribution >= 0.6 is 0 Å². The topological polar surface area (TPSA) is 69.7 Å². The van der Waals surface area contributed by atoms with E-state index in [0.29, 0.717) is 31.0 Å². The highest BCUT2D eigenvalue weighted by Crippen LogP contribution is 2.24. The minimum atomic E-state index is -3.37. The molecule has 1 saturated heterocycles. The molecular formula is C15H23N3O3S. The molecule has 1 unspecified atom stereocenters. The van der Waals surface area contributed by atoms with Crippen molar-refractivity contribution in [2.24, 2.45) is 0 Å². The number of likely N-dealkylation sites (N-methyl/N-ethyl adjacent to an activating group) is 2. The first-order valence-corrected chi connectivity index (χ1v) is 8.95. The second-order valence-corrected chi connectivity index (χ2v) is 7.75. The fraction of sp³-hybridized carbons (Fsp3) is 0.533. The van der Waals surface area contributed by atoms with Gasteiger partial charge in [-0.3, -0.25) is 0 Å². The molecule has 7 heteroatoms. The van der Waals surface area contributed by atoms with Crippen molar-refractivity contribution in [2.45, 2.75) is 16.6 Å². The van der Waals surface area contributed by atoms with E-state index in [-0.39, 0.29) is 12.6 Å². The van der Waals surface area contributed by atoms with E-state index in [1.807, 2.05) is 7.05 Å². The average Bonchev–Trinajstić information content (AvgIpc) is 3.03. The second kappa shape index (κ2) is 7.11. The van der Waals surface area contributed by atoms with E-state index in [0.717, 1.165) is 0 Å². The molecule has 1 heterocycles. The van der Waals surface area contributed by atoms with E-state index in [2.05, 4.69) is 5.32 Å². The van der Waals surface area contributed by atoms with E-state index < -0.39 is 15.1 Å². The van der Waals surface area contributed by atoms with Crippen molar-refractivity contribution >= 4 is 15.9 Å². The van der Waals surface area contributed by atoms with Gasteiger partial charge in [-0.15, -0.1) is 0 Å². The van der Waals surface area contributed by atoms with E-state index in [4.69, 9.17) is 0 Å². The molecule has 0 radical (unpaired) electrons. The zero-order chi connectivity index (χ0) is 16.2. The molecule has 1 atom stereocenters. The lowest BCUT2D eigenvalue weighted by atomic mass is 10.4. The van der Waals surface area contributed by atoms with Gasteiger partial charge in [-0.25, -0.2) is 13.2 Å². The normalized spacial score (nSPS) is 18.5. The summed E-state index contributed by atoms with van der Waals surface area (Å²) in [6, 6.07) is 8.34. The molecule has 1 aliphatic heterocycles. The van der Waals surface area contributed by atoms with Crippen LogP contribution < -0.4 is 5.32 Å². The number of hydrogen-bond acceptors (Lipinski definition) is 4. The third kappa shape index (κ3) is 3.59. The molecule has 0 aromatic heterocycles. The van der Waals surface area contributed by atoms with Crippen LogP contribution in [0.3, 0.4) is 0 Å². The molecule has 22 heavy (non-hydrogen) atoms. The summed E-state index contributed by atoms with van der Waals surface area (Å²) < 4.78 is 25.2. The highest BCUT2D eigenvalue weighted by molar-refractivity contribution is 7.92. The highest BCUT2D eigenvalue weighted by atomic mass is 32.2. The molecular weight excluding hydrogens is 302 g/mol. The molecule has 0 aliphatic carbocycles. The molecule has 0 saturated carbocycles. The first kappa shape index (κ1) is 16.8. The van der Waals surface area contributed by atoms with Crippen molar-refractivity contribution in [1.82, 2.24) is 15.1 Å². The van der Waals surface area contributed by atoms with E-state index in [1.54, 1.807) is 47.2 Å². The Labute approximate surface area is 132 Å². The van der Waals surface area contributed by atoms with Crippen LogP contribution in [0.15, 0.2) is 35.2 Å². The molecule has 2 amide bonds. The van der Waals surface area contributed by atoms with Crippen molar-refractivity contribution < 1.29 is 13.2 Å². The maximum atomic E-state index is 12.6. The number of benzene rings is 1. The first-order chi connectivity index (χ1) is 10.5. The molecule has 1 aromatic carbocycles. The van der Waals surface area contributed by atoms with Gasteiger partial charge in [0.2, 0.25) is 0 Å². The lowest BCUT2D eigenvalue weighted by Crippen LogP contribution is -2.43. The molecule has 0 bridgehead atoms. The van der Waals surface area contributed by atoms with Crippen LogP contribution in [0.5, 0.6) is 0 Å². The average molecular weight is 325 g/mol. The summed E-state index contributed by atoms with van der Waals surface area (Å²) in [6.45, 7) is 2.06. The SMILES string of the molecule is CNCCN(C)C(=O)N1CCC(S(=O)(=O)c2ccccc2)C1. The smallest absolute Gasteiger partial charge is 0.319 e. The standard InChI is InChI=1S/C15H23N3O3S/c1-16-9-11-17(2)15(19)18-10-8-14(12-18)22(20,21)13-6-4-3-5-7-13/h3-7,14,16H,8-12H2,1-2H3. The Bertz CT molecular complexity index is 604. The molecule has 122 valence electrons. The van der Waals surface area contributed by atoms with Gasteiger partial charge in [-0.05, 0) is 25.6 Å². The summed E-state index contributed by atoms with van der Waals surface area (Å²) in [4.78, 5) is 15.9. The number of nitrogens with zero attached hydrogens (tertiary/aromatic N) is 2. The number of likely N-dealkylation sites (tertiary alicyclic amines) is 1. The van der Waals surface area contributed by atoms with Crippen LogP contribution in [0.4, 0.5) is 4.79 Å². The lowest BCUT2D eigenvalue weighted by Gasteiger charge is -2.24. The Morgan fingerprint density at radius 3 is 2.68 bits per heavy atom. The third-order valence-corrected chi connectivity index (χ3v) is 6.14. The fourth-order valence-corrected chi connectivity index (χ4v) is 4.29. The number of amides is 2. The number of sulfone groups is 1. The molecule has 2 rings (SSSR count). The molecule has 1 fully saturated rings. The number of carbonyl (C=O) groups excluding carboxylic acids is 1. The summed E-state index contributed by atoms with van der Waals surface area (Å²) in [7, 11) is 0.192. The van der Waals surface area contributed by atoms with Gasteiger partial charge in [-0.2, -0.15) is 0 Å². The van der Waals surface area contributed by atoms with Crippen molar-refractivity contribution in [3.63, 3.8) is 0 Å². The summed E-state index contributed by atoms with van der Waals surface area (Å²) >= 11 is 0. The van der Waals surface area contributed by atoms with Crippen molar-refractivity contribution in [3.05, 3.63) is 30.3 Å². The van der Waals surface area contributed by atoms with Gasteiger partial charge in [0, 0.05) is 33.2 Å². The number of rotatable bonds is 5. The summed E-state index contributed by atoms with van der Waals surface area (Å²) in [6.07, 6.45) is 0.489. The molecule has 0 spiro atoms. The zero-order valence-corrected chi connectivity index (χ0v) is 13.8. The minimum Gasteiger partial charge on any atom is -0.326 e. The third-order valence-electron chi connectivity index (χ3n) is 3.95. The Kier molecular flexibility index (Phi) is 5.42. The summed E-state index contributed by atoms with van der Waals surface area (Å²) in [5, 5.41) is 2.47. The van der Waals surface area contributed by atoms with Crippen molar-refractivity contribution in [3.8, 4) is 0 Å². The van der Waals surface area contributed by atoms with E-state index in [1.165, 1.54) is 0 Å². The Hall–Kier alpha value is -1.60. The monoisotopic (exact) mass is 325 g/mol. The van der Waals surface area contributed by atoms with Gasteiger partial charge in [0.05, 0.1) is 10.1 Å². The van der Waals surface area contributed by atoms with Crippen LogP contribution in [0.2, 0.25) is 0 Å². The van der Waals surface area contributed by atoms with E-state index >= 15 is 0 Å². The largest absolute Gasteiger partial charge is 0.326 e. The van der Waals surface area contributed by atoms with Crippen LogP contribution in [0.25, 0.3) is 0 Å². The minimum absolute atomic E-state index is 0.110. The van der Waals surface area contributed by atoms with Gasteiger partial charge in [0.15, 0.2) is 9.84 Å². The maximum Gasteiger partial charge on any atom is 0.319 e. The highest BCUT2D eigenvalue weighted by Gasteiger charge is 2.36. The predicted octanol–water partition coefficient (Wildman–Crippen LogP) is 0.806. The maximum absolute atomic E-state index is 12.6. The van der Waals surface area contributed by atoms with Gasteiger partial charge in [-0.1, -0.05) is 18.2 Å². The predicted molar refractivity (Wildman–Crippen MR) is 85.6 cm³/mol. The summed E-state index contributed by atoms with van der Waals surface area (Å²) in [5.41, 5.74) is 0. The van der Waals surface area contributed by atoms with Crippen molar-refractivity contribution in [2.75, 3.05) is 40.3 Å². The first-order valence-electron chi connectivity index (χ1n) is 7.40. The summed E-state index contributed by atoms with van der Waals surface area (Å²) in [5.74, 6) is 0. The van der Waals surface area contributed by atoms with Crippen LogP contribution in [0.1, 0.15) is 6.42 Å². The van der Waals surface area contributed by atoms with E-state index in [9.17, 15) is 13.2 Å². The number of hydrogen-bond donors (Lipinski definition) is 1. The second-order valence-electron chi connectivity index (χ2n) is 5.52. The Morgan fingerprint density at radius 1 is 1.36 bits per heavy atom. The van der Waals surface area contributed by atoms with Gasteiger partial charge < -0.3 is 15.1 Å². The Morgan fingerprint density at radius 2 is 2.05 bits per heavy atom. The van der Waals surface area contributed by atoms with Crippen LogP contribution in [-0.4, -0.2) is 69.8 Å². The lowest BCUT2D eigenvalue weighted by molar-refractivity contribution is 0.173. The quantitative estimate of drug-likeness (QED) is 0.870. The number of carbonyl (C=O) groups is 1. The zero-order valence-electron chi connectivity index (χ0n) is 13.0. The number of nitrogens with one attached hydrogen (secondary N) is 1. The molecule has 1 aromatic rings. The molecule has 6 nitrogen and oxygen atoms in total. The Balaban J connectivity index is 2.02. The van der Waals surface area contributed by atoms with Crippen LogP contribution in [-0.2, 0) is 9.84 Å². The van der Waals surface area contributed by atoms with Gasteiger partial charge in [0.1, 0.15) is 0 Å². The number of urea groups is 1. The van der Waals surface area contributed by atoms with Gasteiger partial charge >= 0.3 is 6.03 Å². The molecule has 1 N–H and O–H groups in total. The van der Waals surface area contributed by atoms with Gasteiger partial charge in [0.25, 0.3) is 0 Å². The van der Waals surface area contributed by atoms with Crippen LogP contribution in [0, 0.1) is 0 Å². The van der Waals surface area contributed by atoms with Crippen molar-refractivity contribution in [1.29, 1.82) is 0 Å².